The number of phenolic OH excluding ortho intramolecular Hbond substituents is 1. The minimum atomic E-state index is -0.738. The van der Waals surface area contributed by atoms with E-state index in [2.05, 4.69) is 26.0 Å². The lowest BCUT2D eigenvalue weighted by Gasteiger charge is -2.11. The van der Waals surface area contributed by atoms with Crippen LogP contribution < -0.4 is 5.32 Å². The van der Waals surface area contributed by atoms with Crippen LogP contribution in [0.3, 0.4) is 0 Å². The molecular weight excluding hydrogens is 290 g/mol. The number of carbonyl (C=O) groups excluding carboxylic acids is 2. The van der Waals surface area contributed by atoms with Gasteiger partial charge in [-0.2, -0.15) is 0 Å². The number of hydrogen-bond acceptors (Lipinski definition) is 4. The van der Waals surface area contributed by atoms with Crippen LogP contribution in [-0.2, 0) is 9.53 Å². The summed E-state index contributed by atoms with van der Waals surface area (Å²) in [5.41, 5.74) is 0.265. The molecule has 5 nitrogen and oxygen atoms in total. The van der Waals surface area contributed by atoms with Gasteiger partial charge in [0.15, 0.2) is 0 Å². The highest BCUT2D eigenvalue weighted by atomic mass is 79.9. The van der Waals surface area contributed by atoms with Crippen LogP contribution in [0, 0.1) is 0 Å². The van der Waals surface area contributed by atoms with E-state index in [1.54, 1.807) is 6.07 Å². The number of benzene rings is 1. The van der Waals surface area contributed by atoms with Crippen molar-refractivity contribution in [2.45, 2.75) is 13.0 Å². The first kappa shape index (κ1) is 13.5. The van der Waals surface area contributed by atoms with Gasteiger partial charge in [-0.15, -0.1) is 0 Å². The molecule has 0 spiro atoms. The first-order valence-corrected chi connectivity index (χ1v) is 5.62. The minimum Gasteiger partial charge on any atom is -0.507 e. The van der Waals surface area contributed by atoms with E-state index in [9.17, 15) is 14.7 Å². The van der Waals surface area contributed by atoms with Crippen molar-refractivity contribution in [2.75, 3.05) is 7.11 Å². The van der Waals surface area contributed by atoms with Crippen molar-refractivity contribution < 1.29 is 19.4 Å². The average Bonchev–Trinajstić information content (AvgIpc) is 2.31. The van der Waals surface area contributed by atoms with E-state index in [0.29, 0.717) is 4.47 Å². The van der Waals surface area contributed by atoms with Crippen LogP contribution in [0.25, 0.3) is 0 Å². The second-order valence-corrected chi connectivity index (χ2v) is 4.24. The van der Waals surface area contributed by atoms with Crippen LogP contribution in [0.1, 0.15) is 17.3 Å². The summed E-state index contributed by atoms with van der Waals surface area (Å²) in [5.74, 6) is -1.02. The topological polar surface area (TPSA) is 75.6 Å². The highest BCUT2D eigenvalue weighted by molar-refractivity contribution is 9.10. The van der Waals surface area contributed by atoms with Crippen LogP contribution in [0.2, 0.25) is 0 Å². The molecule has 2 N–H and O–H groups in total. The molecule has 1 aromatic rings. The molecule has 0 fully saturated rings. The summed E-state index contributed by atoms with van der Waals surface area (Å²) in [5, 5.41) is 11.9. The van der Waals surface area contributed by atoms with Crippen molar-refractivity contribution in [1.29, 1.82) is 0 Å². The molecule has 0 unspecified atom stereocenters. The van der Waals surface area contributed by atoms with E-state index in [1.807, 2.05) is 0 Å². The molecule has 0 aliphatic carbocycles. The summed E-state index contributed by atoms with van der Waals surface area (Å²) in [7, 11) is 1.25. The van der Waals surface area contributed by atoms with Crippen molar-refractivity contribution in [3.63, 3.8) is 0 Å². The third-order valence-corrected chi connectivity index (χ3v) is 2.78. The molecule has 0 bridgehead atoms. The average molecular weight is 302 g/mol. The standard InChI is InChI=1S/C11H12BrNO4/c1-6(11(16)17-2)13-10(15)7-3-4-8(12)9(14)5-7/h3-6,14H,1-2H3,(H,13,15)/t6-/m0/s1. The van der Waals surface area contributed by atoms with Gasteiger partial charge in [0.25, 0.3) is 5.91 Å². The van der Waals surface area contributed by atoms with Gasteiger partial charge in [-0.05, 0) is 41.1 Å². The van der Waals surface area contributed by atoms with Crippen molar-refractivity contribution in [2.24, 2.45) is 0 Å². The number of nitrogens with one attached hydrogen (secondary N) is 1. The fourth-order valence-corrected chi connectivity index (χ4v) is 1.42. The number of halogens is 1. The summed E-state index contributed by atoms with van der Waals surface area (Å²) in [6, 6.07) is 3.65. The lowest BCUT2D eigenvalue weighted by Crippen LogP contribution is -2.39. The SMILES string of the molecule is COC(=O)[C@H](C)NC(=O)c1ccc(Br)c(O)c1. The predicted octanol–water partition coefficient (Wildman–Crippen LogP) is 1.45. The molecule has 1 atom stereocenters. The number of aromatic hydroxyl groups is 1. The zero-order chi connectivity index (χ0) is 13.0. The molecule has 0 radical (unpaired) electrons. The monoisotopic (exact) mass is 301 g/mol. The van der Waals surface area contributed by atoms with E-state index in [1.165, 1.54) is 26.2 Å². The highest BCUT2D eigenvalue weighted by Crippen LogP contribution is 2.24. The Hall–Kier alpha value is -1.56. The maximum absolute atomic E-state index is 11.7. The van der Waals surface area contributed by atoms with Crippen molar-refractivity contribution in [1.82, 2.24) is 5.32 Å². The molecule has 1 amide bonds. The lowest BCUT2D eigenvalue weighted by molar-refractivity contribution is -0.142. The number of amides is 1. The minimum absolute atomic E-state index is 0.0385. The Kier molecular flexibility index (Phi) is 4.51. The highest BCUT2D eigenvalue weighted by Gasteiger charge is 2.17. The van der Waals surface area contributed by atoms with E-state index in [0.717, 1.165) is 0 Å². The van der Waals surface area contributed by atoms with Gasteiger partial charge in [-0.25, -0.2) is 4.79 Å². The van der Waals surface area contributed by atoms with Crippen LogP contribution in [-0.4, -0.2) is 30.1 Å². The predicted molar refractivity (Wildman–Crippen MR) is 64.8 cm³/mol. The fourth-order valence-electron chi connectivity index (χ4n) is 1.17. The second kappa shape index (κ2) is 5.67. The number of phenols is 1. The first-order chi connectivity index (χ1) is 7.95. The van der Waals surface area contributed by atoms with Crippen LogP contribution >= 0.6 is 15.9 Å². The molecule has 92 valence electrons. The Morgan fingerprint density at radius 3 is 2.65 bits per heavy atom. The van der Waals surface area contributed by atoms with Gasteiger partial charge < -0.3 is 15.2 Å². The molecule has 17 heavy (non-hydrogen) atoms. The number of ether oxygens (including phenoxy) is 1. The largest absolute Gasteiger partial charge is 0.507 e. The lowest BCUT2D eigenvalue weighted by atomic mass is 10.2. The number of carbonyl (C=O) groups is 2. The van der Waals surface area contributed by atoms with Crippen molar-refractivity contribution in [3.05, 3.63) is 28.2 Å². The van der Waals surface area contributed by atoms with Gasteiger partial charge in [0.2, 0.25) is 0 Å². The first-order valence-electron chi connectivity index (χ1n) is 4.83. The van der Waals surface area contributed by atoms with Gasteiger partial charge in [0.1, 0.15) is 11.8 Å². The summed E-state index contributed by atoms with van der Waals surface area (Å²) in [6.07, 6.45) is 0. The molecule has 1 aromatic carbocycles. The fraction of sp³-hybridized carbons (Fsp3) is 0.273. The smallest absolute Gasteiger partial charge is 0.328 e. The summed E-state index contributed by atoms with van der Waals surface area (Å²) < 4.78 is 4.98. The molecular formula is C11H12BrNO4. The normalized spacial score (nSPS) is 11.7. The molecule has 0 heterocycles. The summed E-state index contributed by atoms with van der Waals surface area (Å²) >= 11 is 3.11. The second-order valence-electron chi connectivity index (χ2n) is 3.38. The molecule has 0 saturated heterocycles. The van der Waals surface area contributed by atoms with Gasteiger partial charge in [0.05, 0.1) is 11.6 Å². The van der Waals surface area contributed by atoms with E-state index in [-0.39, 0.29) is 11.3 Å². The number of esters is 1. The number of rotatable bonds is 3. The zero-order valence-corrected chi connectivity index (χ0v) is 10.9. The van der Waals surface area contributed by atoms with Gasteiger partial charge in [0, 0.05) is 5.56 Å². The van der Waals surface area contributed by atoms with Crippen molar-refractivity contribution >= 4 is 27.8 Å². The van der Waals surface area contributed by atoms with Crippen LogP contribution in [0.15, 0.2) is 22.7 Å². The molecule has 0 aliphatic heterocycles. The zero-order valence-electron chi connectivity index (χ0n) is 9.36. The van der Waals surface area contributed by atoms with Crippen molar-refractivity contribution in [3.8, 4) is 5.75 Å². The molecule has 1 rings (SSSR count). The third kappa shape index (κ3) is 3.45. The molecule has 6 heteroatoms. The van der Waals surface area contributed by atoms with E-state index in [4.69, 9.17) is 0 Å². The Balaban J connectivity index is 2.76. The van der Waals surface area contributed by atoms with E-state index < -0.39 is 17.9 Å². The Morgan fingerprint density at radius 1 is 1.47 bits per heavy atom. The third-order valence-electron chi connectivity index (χ3n) is 2.11. The molecule has 0 saturated carbocycles. The van der Waals surface area contributed by atoms with Crippen LogP contribution in [0.5, 0.6) is 5.75 Å². The van der Waals surface area contributed by atoms with Gasteiger partial charge >= 0.3 is 5.97 Å². The molecule has 0 aliphatic rings. The van der Waals surface area contributed by atoms with Gasteiger partial charge in [-0.3, -0.25) is 4.79 Å². The number of methoxy groups -OCH3 is 1. The van der Waals surface area contributed by atoms with Crippen LogP contribution in [0.4, 0.5) is 0 Å². The van der Waals surface area contributed by atoms with Gasteiger partial charge in [-0.1, -0.05) is 0 Å². The summed E-state index contributed by atoms with van der Waals surface area (Å²) in [4.78, 5) is 22.8. The Labute approximate surface area is 107 Å². The Bertz CT molecular complexity index is 447. The summed E-state index contributed by atoms with van der Waals surface area (Å²) in [6.45, 7) is 1.52. The van der Waals surface area contributed by atoms with E-state index >= 15 is 0 Å². The Morgan fingerprint density at radius 2 is 2.12 bits per heavy atom. The molecule has 0 aromatic heterocycles. The maximum Gasteiger partial charge on any atom is 0.328 e. The quantitative estimate of drug-likeness (QED) is 0.829. The maximum atomic E-state index is 11.7. The number of hydrogen-bond donors (Lipinski definition) is 2.